The summed E-state index contributed by atoms with van der Waals surface area (Å²) in [4.78, 5) is 25.9. The predicted molar refractivity (Wildman–Crippen MR) is 136 cm³/mol. The van der Waals surface area contributed by atoms with Gasteiger partial charge in [0.1, 0.15) is 10.6 Å². The number of nitrogens with one attached hydrogen (secondary N) is 1. The molecule has 7 nitrogen and oxygen atoms in total. The van der Waals surface area contributed by atoms with E-state index in [1.165, 1.54) is 31.2 Å². The van der Waals surface area contributed by atoms with Gasteiger partial charge in [-0.3, -0.25) is 9.59 Å². The summed E-state index contributed by atoms with van der Waals surface area (Å²) in [5.41, 5.74) is 1.74. The number of carbonyl (C=O) groups excluding carboxylic acids is 2. The van der Waals surface area contributed by atoms with E-state index in [9.17, 15) is 18.0 Å². The number of anilines is 1. The zero-order valence-corrected chi connectivity index (χ0v) is 21.3. The highest BCUT2D eigenvalue weighted by molar-refractivity contribution is 7.87. The smallest absolute Gasteiger partial charge is 0.339 e. The van der Waals surface area contributed by atoms with E-state index in [4.69, 9.17) is 15.8 Å². The molecule has 0 saturated heterocycles. The van der Waals surface area contributed by atoms with Gasteiger partial charge in [-0.05, 0) is 60.0 Å². The van der Waals surface area contributed by atoms with E-state index < -0.39 is 10.1 Å². The first-order chi connectivity index (χ1) is 16.5. The molecule has 0 bridgehead atoms. The Bertz CT molecular complexity index is 1290. The molecule has 35 heavy (non-hydrogen) atoms. The van der Waals surface area contributed by atoms with Crippen LogP contribution in [0.1, 0.15) is 36.7 Å². The number of carbonyl (C=O) groups is 2. The highest BCUT2D eigenvalue weighted by Crippen LogP contribution is 2.23. The molecule has 0 heterocycles. The molecule has 9 heteroatoms. The topological polar surface area (TPSA) is 92.8 Å². The van der Waals surface area contributed by atoms with Crippen molar-refractivity contribution in [2.45, 2.75) is 32.2 Å². The van der Waals surface area contributed by atoms with Crippen LogP contribution in [0, 0.1) is 5.92 Å². The Morgan fingerprint density at radius 3 is 2.17 bits per heavy atom. The summed E-state index contributed by atoms with van der Waals surface area (Å²) < 4.78 is 30.5. The molecule has 3 rings (SSSR count). The van der Waals surface area contributed by atoms with E-state index >= 15 is 0 Å². The van der Waals surface area contributed by atoms with Gasteiger partial charge in [-0.1, -0.05) is 49.7 Å². The highest BCUT2D eigenvalue weighted by Gasteiger charge is 2.20. The van der Waals surface area contributed by atoms with Crippen LogP contribution in [0.2, 0.25) is 5.02 Å². The maximum atomic E-state index is 13.1. The van der Waals surface area contributed by atoms with Crippen LogP contribution >= 0.6 is 11.6 Å². The molecule has 0 fully saturated rings. The molecule has 0 spiro atoms. The molecule has 2 amide bonds. The van der Waals surface area contributed by atoms with Gasteiger partial charge in [0.25, 0.3) is 5.91 Å². The number of benzene rings is 3. The number of hydrogen-bond acceptors (Lipinski definition) is 5. The molecule has 0 aliphatic carbocycles. The second kappa shape index (κ2) is 11.4. The van der Waals surface area contributed by atoms with Crippen molar-refractivity contribution in [3.05, 3.63) is 88.9 Å². The van der Waals surface area contributed by atoms with Gasteiger partial charge in [0.15, 0.2) is 0 Å². The Morgan fingerprint density at radius 2 is 1.60 bits per heavy atom. The Kier molecular flexibility index (Phi) is 8.53. The van der Waals surface area contributed by atoms with E-state index in [-0.39, 0.29) is 28.4 Å². The third-order valence-corrected chi connectivity index (χ3v) is 6.53. The van der Waals surface area contributed by atoms with Gasteiger partial charge in [-0.25, -0.2) is 0 Å². The molecule has 0 saturated carbocycles. The second-order valence-corrected chi connectivity index (χ2v) is 10.4. The third-order valence-electron chi connectivity index (χ3n) is 4.94. The van der Waals surface area contributed by atoms with Crippen LogP contribution in [0.25, 0.3) is 0 Å². The van der Waals surface area contributed by atoms with Crippen molar-refractivity contribution in [3.63, 3.8) is 0 Å². The standard InChI is InChI=1S/C26H27ClN2O5S/c1-18(2)16-29(26(31)24-6-4-5-7-25(24)27)17-20-8-12-22(13-9-20)34-35(32,33)23-14-10-21(11-15-23)28-19(3)30/h4-15,18H,16-17H2,1-3H3,(H,28,30). The zero-order chi connectivity index (χ0) is 25.6. The lowest BCUT2D eigenvalue weighted by Crippen LogP contribution is -2.33. The van der Waals surface area contributed by atoms with Gasteiger partial charge in [-0.2, -0.15) is 8.42 Å². The molecule has 3 aromatic rings. The zero-order valence-electron chi connectivity index (χ0n) is 19.7. The first-order valence-electron chi connectivity index (χ1n) is 11.0. The average Bonchev–Trinajstić information content (AvgIpc) is 2.79. The highest BCUT2D eigenvalue weighted by atomic mass is 35.5. The monoisotopic (exact) mass is 514 g/mol. The summed E-state index contributed by atoms with van der Waals surface area (Å²) in [6, 6.07) is 19.2. The minimum absolute atomic E-state index is 0.0378. The summed E-state index contributed by atoms with van der Waals surface area (Å²) in [5.74, 6) is -0.0360. The van der Waals surface area contributed by atoms with E-state index in [1.54, 1.807) is 53.4 Å². The van der Waals surface area contributed by atoms with Crippen LogP contribution in [-0.2, 0) is 21.5 Å². The van der Waals surface area contributed by atoms with Crippen LogP contribution < -0.4 is 9.50 Å². The predicted octanol–water partition coefficient (Wildman–Crippen LogP) is 5.36. The Morgan fingerprint density at radius 1 is 0.971 bits per heavy atom. The molecule has 0 radical (unpaired) electrons. The van der Waals surface area contributed by atoms with Gasteiger partial charge in [0, 0.05) is 25.7 Å². The van der Waals surface area contributed by atoms with Crippen LogP contribution in [0.15, 0.2) is 77.7 Å². The number of halogens is 1. The van der Waals surface area contributed by atoms with Gasteiger partial charge < -0.3 is 14.4 Å². The molecular formula is C26H27ClN2O5S. The molecular weight excluding hydrogens is 488 g/mol. The van der Waals surface area contributed by atoms with Crippen molar-refractivity contribution < 1.29 is 22.2 Å². The minimum atomic E-state index is -4.06. The molecule has 0 aromatic heterocycles. The van der Waals surface area contributed by atoms with Gasteiger partial charge in [0.2, 0.25) is 5.91 Å². The summed E-state index contributed by atoms with van der Waals surface area (Å²) in [5, 5.41) is 2.97. The van der Waals surface area contributed by atoms with Crippen molar-refractivity contribution in [1.82, 2.24) is 4.90 Å². The van der Waals surface area contributed by atoms with Crippen LogP contribution in [0.4, 0.5) is 5.69 Å². The van der Waals surface area contributed by atoms with Crippen LogP contribution in [-0.4, -0.2) is 31.7 Å². The van der Waals surface area contributed by atoms with Crippen molar-refractivity contribution >= 4 is 39.2 Å². The molecule has 0 atom stereocenters. The van der Waals surface area contributed by atoms with Crippen molar-refractivity contribution in [3.8, 4) is 5.75 Å². The largest absolute Gasteiger partial charge is 0.379 e. The Labute approximate surface area is 210 Å². The van der Waals surface area contributed by atoms with Gasteiger partial charge in [-0.15, -0.1) is 0 Å². The lowest BCUT2D eigenvalue weighted by Gasteiger charge is -2.25. The maximum Gasteiger partial charge on any atom is 0.339 e. The molecule has 3 aromatic carbocycles. The quantitative estimate of drug-likeness (QED) is 0.388. The summed E-state index contributed by atoms with van der Waals surface area (Å²) in [6.45, 7) is 6.28. The lowest BCUT2D eigenvalue weighted by molar-refractivity contribution is -0.114. The summed E-state index contributed by atoms with van der Waals surface area (Å²) in [7, 11) is -4.06. The third kappa shape index (κ3) is 7.31. The number of rotatable bonds is 9. The van der Waals surface area contributed by atoms with Crippen molar-refractivity contribution in [2.75, 3.05) is 11.9 Å². The lowest BCUT2D eigenvalue weighted by atomic mass is 10.1. The fraction of sp³-hybridized carbons (Fsp3) is 0.231. The van der Waals surface area contributed by atoms with Gasteiger partial charge in [0.05, 0.1) is 10.6 Å². The SMILES string of the molecule is CC(=O)Nc1ccc(S(=O)(=O)Oc2ccc(CN(CC(C)C)C(=O)c3ccccc3Cl)cc2)cc1. The first kappa shape index (κ1) is 26.2. The number of nitrogens with zero attached hydrogens (tertiary/aromatic N) is 1. The molecule has 0 aliphatic rings. The van der Waals surface area contributed by atoms with Crippen molar-refractivity contribution in [2.24, 2.45) is 5.92 Å². The second-order valence-electron chi connectivity index (χ2n) is 8.45. The minimum Gasteiger partial charge on any atom is -0.379 e. The number of hydrogen-bond donors (Lipinski definition) is 1. The fourth-order valence-corrected chi connectivity index (χ4v) is 4.57. The fourth-order valence-electron chi connectivity index (χ4n) is 3.42. The van der Waals surface area contributed by atoms with Gasteiger partial charge >= 0.3 is 10.1 Å². The average molecular weight is 515 g/mol. The molecule has 0 aliphatic heterocycles. The van der Waals surface area contributed by atoms with E-state index in [0.717, 1.165) is 5.56 Å². The summed E-state index contributed by atoms with van der Waals surface area (Å²) in [6.07, 6.45) is 0. The molecule has 184 valence electrons. The Hall–Kier alpha value is -3.36. The van der Waals surface area contributed by atoms with Crippen LogP contribution in [0.3, 0.4) is 0 Å². The first-order valence-corrected chi connectivity index (χ1v) is 12.8. The van der Waals surface area contributed by atoms with Crippen molar-refractivity contribution in [1.29, 1.82) is 0 Å². The number of amides is 2. The van der Waals surface area contributed by atoms with E-state index in [0.29, 0.717) is 29.4 Å². The summed E-state index contributed by atoms with van der Waals surface area (Å²) >= 11 is 6.23. The maximum absolute atomic E-state index is 13.1. The molecule has 1 N–H and O–H groups in total. The molecule has 0 unspecified atom stereocenters. The Balaban J connectivity index is 1.72. The van der Waals surface area contributed by atoms with E-state index in [2.05, 4.69) is 5.32 Å². The normalized spacial score (nSPS) is 11.2. The van der Waals surface area contributed by atoms with Crippen LogP contribution in [0.5, 0.6) is 5.75 Å². The van der Waals surface area contributed by atoms with E-state index in [1.807, 2.05) is 13.8 Å².